The van der Waals surface area contributed by atoms with Crippen molar-refractivity contribution in [3.63, 3.8) is 0 Å². The second kappa shape index (κ2) is 4.04. The second-order valence-corrected chi connectivity index (χ2v) is 5.16. The summed E-state index contributed by atoms with van der Waals surface area (Å²) >= 11 is 12.1. The Kier molecular flexibility index (Phi) is 2.64. The van der Waals surface area contributed by atoms with E-state index in [1.165, 1.54) is 30.5 Å². The third-order valence-electron chi connectivity index (χ3n) is 3.00. The molecule has 1 aromatic carbocycles. The SMILES string of the molecule is Fc1cc(Cl)c(-n2ccc(C3CC3)c2)c(Cl)c1. The van der Waals surface area contributed by atoms with Crippen LogP contribution in [0.1, 0.15) is 24.3 Å². The fourth-order valence-electron chi connectivity index (χ4n) is 1.99. The zero-order valence-electron chi connectivity index (χ0n) is 8.96. The average molecular weight is 270 g/mol. The summed E-state index contributed by atoms with van der Waals surface area (Å²) < 4.78 is 14.9. The Labute approximate surface area is 109 Å². The van der Waals surface area contributed by atoms with Crippen molar-refractivity contribution in [1.82, 2.24) is 4.57 Å². The van der Waals surface area contributed by atoms with Gasteiger partial charge in [0.15, 0.2) is 0 Å². The molecular formula is C13H10Cl2FN. The van der Waals surface area contributed by atoms with E-state index in [1.807, 2.05) is 17.0 Å². The molecule has 0 spiro atoms. The minimum absolute atomic E-state index is 0.327. The van der Waals surface area contributed by atoms with E-state index in [4.69, 9.17) is 23.2 Å². The van der Waals surface area contributed by atoms with Gasteiger partial charge in [-0.2, -0.15) is 0 Å². The molecule has 3 rings (SSSR count). The van der Waals surface area contributed by atoms with Crippen LogP contribution in [0, 0.1) is 5.82 Å². The van der Waals surface area contributed by atoms with Crippen molar-refractivity contribution in [1.29, 1.82) is 0 Å². The maximum atomic E-state index is 13.1. The maximum Gasteiger partial charge on any atom is 0.126 e. The molecule has 1 fully saturated rings. The monoisotopic (exact) mass is 269 g/mol. The van der Waals surface area contributed by atoms with E-state index in [9.17, 15) is 4.39 Å². The quantitative estimate of drug-likeness (QED) is 0.738. The highest BCUT2D eigenvalue weighted by Gasteiger charge is 2.24. The highest BCUT2D eigenvalue weighted by atomic mass is 35.5. The fraction of sp³-hybridized carbons (Fsp3) is 0.231. The highest BCUT2D eigenvalue weighted by molar-refractivity contribution is 6.37. The van der Waals surface area contributed by atoms with Gasteiger partial charge in [0.2, 0.25) is 0 Å². The van der Waals surface area contributed by atoms with Gasteiger partial charge in [0.1, 0.15) is 5.82 Å². The first kappa shape index (κ1) is 11.1. The lowest BCUT2D eigenvalue weighted by Gasteiger charge is -2.08. The zero-order valence-corrected chi connectivity index (χ0v) is 10.5. The normalized spacial score (nSPS) is 15.2. The molecule has 1 aliphatic rings. The molecule has 0 amide bonds. The van der Waals surface area contributed by atoms with Gasteiger partial charge in [-0.3, -0.25) is 0 Å². The molecule has 0 atom stereocenters. The predicted molar refractivity (Wildman–Crippen MR) is 67.7 cm³/mol. The average Bonchev–Trinajstić information content (AvgIpc) is 2.98. The molecule has 0 unspecified atom stereocenters. The molecule has 0 radical (unpaired) electrons. The molecule has 0 N–H and O–H groups in total. The molecule has 1 nitrogen and oxygen atoms in total. The number of hydrogen-bond acceptors (Lipinski definition) is 0. The van der Waals surface area contributed by atoms with Crippen molar-refractivity contribution in [2.24, 2.45) is 0 Å². The molecule has 1 aliphatic carbocycles. The number of nitrogens with zero attached hydrogens (tertiary/aromatic N) is 1. The van der Waals surface area contributed by atoms with Gasteiger partial charge in [-0.05, 0) is 42.5 Å². The van der Waals surface area contributed by atoms with Crippen LogP contribution in [-0.2, 0) is 0 Å². The van der Waals surface area contributed by atoms with Crippen molar-refractivity contribution in [2.75, 3.05) is 0 Å². The molecular weight excluding hydrogens is 260 g/mol. The summed E-state index contributed by atoms with van der Waals surface area (Å²) in [5, 5.41) is 0.654. The van der Waals surface area contributed by atoms with Gasteiger partial charge in [-0.15, -0.1) is 0 Å². The Hall–Kier alpha value is -0.990. The Morgan fingerprint density at radius 3 is 2.41 bits per heavy atom. The van der Waals surface area contributed by atoms with Gasteiger partial charge in [0, 0.05) is 12.4 Å². The van der Waals surface area contributed by atoms with Crippen LogP contribution in [0.2, 0.25) is 10.0 Å². The summed E-state index contributed by atoms with van der Waals surface area (Å²) in [6.07, 6.45) is 6.42. The maximum absolute atomic E-state index is 13.1. The third kappa shape index (κ3) is 2.07. The molecule has 0 saturated heterocycles. The minimum atomic E-state index is -0.418. The summed E-state index contributed by atoms with van der Waals surface area (Å²) in [7, 11) is 0. The van der Waals surface area contributed by atoms with E-state index in [1.54, 1.807) is 0 Å². The fourth-order valence-corrected chi connectivity index (χ4v) is 2.65. The number of hydrogen-bond donors (Lipinski definition) is 0. The van der Waals surface area contributed by atoms with Gasteiger partial charge in [-0.1, -0.05) is 23.2 Å². The number of aromatic nitrogens is 1. The first-order chi connectivity index (χ1) is 8.15. The molecule has 17 heavy (non-hydrogen) atoms. The number of halogens is 3. The summed E-state index contributed by atoms with van der Waals surface area (Å²) in [4.78, 5) is 0. The van der Waals surface area contributed by atoms with E-state index in [0.717, 1.165) is 0 Å². The lowest BCUT2D eigenvalue weighted by Crippen LogP contribution is -1.94. The van der Waals surface area contributed by atoms with Crippen LogP contribution in [0.15, 0.2) is 30.6 Å². The summed E-state index contributed by atoms with van der Waals surface area (Å²) in [5.74, 6) is 0.257. The van der Waals surface area contributed by atoms with E-state index < -0.39 is 5.82 Å². The van der Waals surface area contributed by atoms with Gasteiger partial charge in [0.05, 0.1) is 15.7 Å². The lowest BCUT2D eigenvalue weighted by atomic mass is 10.2. The standard InChI is InChI=1S/C13H10Cl2FN/c14-11-5-10(16)6-12(15)13(11)17-4-3-9(7-17)8-1-2-8/h3-8H,1-2H2. The van der Waals surface area contributed by atoms with Gasteiger partial charge >= 0.3 is 0 Å². The smallest absolute Gasteiger partial charge is 0.126 e. The van der Waals surface area contributed by atoms with Gasteiger partial charge < -0.3 is 4.57 Å². The van der Waals surface area contributed by atoms with Crippen LogP contribution in [0.5, 0.6) is 0 Å². The highest BCUT2D eigenvalue weighted by Crippen LogP contribution is 2.41. The van der Waals surface area contributed by atoms with Crippen LogP contribution >= 0.6 is 23.2 Å². The minimum Gasteiger partial charge on any atom is -0.321 e. The molecule has 1 saturated carbocycles. The van der Waals surface area contributed by atoms with E-state index >= 15 is 0 Å². The zero-order chi connectivity index (χ0) is 12.0. The molecule has 2 aromatic rings. The Bertz CT molecular complexity index is 550. The molecule has 1 heterocycles. The Morgan fingerprint density at radius 2 is 1.82 bits per heavy atom. The predicted octanol–water partition coefficient (Wildman–Crippen LogP) is 4.80. The first-order valence-electron chi connectivity index (χ1n) is 5.48. The third-order valence-corrected chi connectivity index (χ3v) is 3.58. The van der Waals surface area contributed by atoms with Crippen molar-refractivity contribution in [3.8, 4) is 5.69 Å². The number of benzene rings is 1. The largest absolute Gasteiger partial charge is 0.321 e. The van der Waals surface area contributed by atoms with Gasteiger partial charge in [0.25, 0.3) is 0 Å². The van der Waals surface area contributed by atoms with Crippen molar-refractivity contribution < 1.29 is 4.39 Å². The van der Waals surface area contributed by atoms with Crippen molar-refractivity contribution >= 4 is 23.2 Å². The van der Waals surface area contributed by atoms with Gasteiger partial charge in [-0.25, -0.2) is 4.39 Å². The molecule has 4 heteroatoms. The molecule has 0 aliphatic heterocycles. The van der Waals surface area contributed by atoms with E-state index in [2.05, 4.69) is 6.07 Å². The summed E-state index contributed by atoms with van der Waals surface area (Å²) in [5.41, 5.74) is 1.93. The van der Waals surface area contributed by atoms with Crippen LogP contribution in [0.3, 0.4) is 0 Å². The molecule has 1 aromatic heterocycles. The summed E-state index contributed by atoms with van der Waals surface area (Å²) in [6.45, 7) is 0. The van der Waals surface area contributed by atoms with E-state index in [0.29, 0.717) is 21.7 Å². The van der Waals surface area contributed by atoms with Crippen LogP contribution in [-0.4, -0.2) is 4.57 Å². The van der Waals surface area contributed by atoms with Crippen LogP contribution < -0.4 is 0 Å². The van der Waals surface area contributed by atoms with E-state index in [-0.39, 0.29) is 0 Å². The van der Waals surface area contributed by atoms with Crippen molar-refractivity contribution in [2.45, 2.75) is 18.8 Å². The lowest BCUT2D eigenvalue weighted by molar-refractivity contribution is 0.627. The molecule has 88 valence electrons. The molecule has 0 bridgehead atoms. The van der Waals surface area contributed by atoms with Crippen molar-refractivity contribution in [3.05, 3.63) is 52.0 Å². The topological polar surface area (TPSA) is 4.93 Å². The first-order valence-corrected chi connectivity index (χ1v) is 6.23. The summed E-state index contributed by atoms with van der Waals surface area (Å²) in [6, 6.07) is 4.62. The second-order valence-electron chi connectivity index (χ2n) is 4.34. The van der Waals surface area contributed by atoms with Crippen LogP contribution in [0.25, 0.3) is 5.69 Å². The van der Waals surface area contributed by atoms with Crippen LogP contribution in [0.4, 0.5) is 4.39 Å². The number of rotatable bonds is 2. The Balaban J connectivity index is 2.07. The Morgan fingerprint density at radius 1 is 1.18 bits per heavy atom.